The first-order chi connectivity index (χ1) is 14.1. The Morgan fingerprint density at radius 3 is 2.66 bits per heavy atom. The molecule has 150 valence electrons. The molecule has 2 atom stereocenters. The molecule has 6 heteroatoms. The Bertz CT molecular complexity index is 1020. The molecule has 2 unspecified atom stereocenters. The zero-order valence-electron chi connectivity index (χ0n) is 16.7. The predicted molar refractivity (Wildman–Crippen MR) is 108 cm³/mol. The summed E-state index contributed by atoms with van der Waals surface area (Å²) in [7, 11) is 1.57. The molecule has 29 heavy (non-hydrogen) atoms. The zero-order valence-corrected chi connectivity index (χ0v) is 16.7. The number of aromatic nitrogens is 2. The maximum absolute atomic E-state index is 13.4. The summed E-state index contributed by atoms with van der Waals surface area (Å²) >= 11 is 0. The molecular weight excluding hydrogens is 366 g/mol. The summed E-state index contributed by atoms with van der Waals surface area (Å²) < 4.78 is 13.2. The van der Waals surface area contributed by atoms with E-state index in [0.29, 0.717) is 29.8 Å². The second-order valence-corrected chi connectivity index (χ2v) is 8.11. The number of hydrogen-bond donors (Lipinski definition) is 0. The summed E-state index contributed by atoms with van der Waals surface area (Å²) in [5.41, 5.74) is 1.22. The molecule has 0 bridgehead atoms. The molecule has 0 radical (unpaired) electrons. The van der Waals surface area contributed by atoms with Crippen LogP contribution in [0.1, 0.15) is 54.1 Å². The van der Waals surface area contributed by atoms with Crippen molar-refractivity contribution in [2.24, 2.45) is 5.92 Å². The van der Waals surface area contributed by atoms with Gasteiger partial charge >= 0.3 is 0 Å². The first kappa shape index (κ1) is 18.0. The van der Waals surface area contributed by atoms with Crippen LogP contribution in [0.4, 0.5) is 0 Å². The zero-order chi connectivity index (χ0) is 20.0. The summed E-state index contributed by atoms with van der Waals surface area (Å²) in [6, 6.07) is 14.0. The fourth-order valence-corrected chi connectivity index (χ4v) is 3.82. The third kappa shape index (κ3) is 3.55. The van der Waals surface area contributed by atoms with E-state index in [9.17, 15) is 4.79 Å². The average molecular weight is 391 g/mol. The number of benzene rings is 1. The maximum Gasteiger partial charge on any atom is 0.278 e. The van der Waals surface area contributed by atoms with Gasteiger partial charge in [0.1, 0.15) is 11.5 Å². The Morgan fingerprint density at radius 2 is 2.00 bits per heavy atom. The number of rotatable bonds is 7. The second-order valence-electron chi connectivity index (χ2n) is 8.11. The first-order valence-corrected chi connectivity index (χ1v) is 10.2. The van der Waals surface area contributed by atoms with Crippen LogP contribution in [0.2, 0.25) is 0 Å². The largest absolute Gasteiger partial charge is 0.493 e. The minimum Gasteiger partial charge on any atom is -0.493 e. The van der Waals surface area contributed by atoms with Crippen LogP contribution in [-0.2, 0) is 6.54 Å². The molecule has 2 heterocycles. The van der Waals surface area contributed by atoms with E-state index in [-0.39, 0.29) is 11.9 Å². The van der Waals surface area contributed by atoms with E-state index in [1.54, 1.807) is 18.0 Å². The molecule has 0 aliphatic heterocycles. The van der Waals surface area contributed by atoms with Crippen molar-refractivity contribution in [1.29, 1.82) is 0 Å². The van der Waals surface area contributed by atoms with Gasteiger partial charge in [0.15, 0.2) is 11.4 Å². The first-order valence-electron chi connectivity index (χ1n) is 10.2. The molecule has 1 amide bonds. The highest BCUT2D eigenvalue weighted by Gasteiger charge is 2.38. The van der Waals surface area contributed by atoms with Crippen molar-refractivity contribution >= 4 is 5.91 Å². The number of para-hydroxylation sites is 1. The van der Waals surface area contributed by atoms with Gasteiger partial charge in [0.25, 0.3) is 5.91 Å². The van der Waals surface area contributed by atoms with Crippen LogP contribution in [0.3, 0.4) is 0 Å². The minimum absolute atomic E-state index is 0.114. The van der Waals surface area contributed by atoms with Gasteiger partial charge in [0.05, 0.1) is 25.5 Å². The number of methoxy groups -OCH3 is 1. The smallest absolute Gasteiger partial charge is 0.278 e. The average Bonchev–Trinajstić information content (AvgIpc) is 3.62. The van der Waals surface area contributed by atoms with E-state index >= 15 is 0 Å². The van der Waals surface area contributed by atoms with Crippen molar-refractivity contribution in [3.8, 4) is 11.4 Å². The Kier molecular flexibility index (Phi) is 4.42. The van der Waals surface area contributed by atoms with Crippen molar-refractivity contribution in [2.75, 3.05) is 7.11 Å². The summed E-state index contributed by atoms with van der Waals surface area (Å²) in [6.45, 7) is 2.70. The van der Waals surface area contributed by atoms with Gasteiger partial charge in [0, 0.05) is 12.0 Å². The Morgan fingerprint density at radius 1 is 1.24 bits per heavy atom. The third-order valence-corrected chi connectivity index (χ3v) is 5.86. The van der Waals surface area contributed by atoms with Crippen LogP contribution < -0.4 is 4.74 Å². The Labute approximate surface area is 170 Å². The van der Waals surface area contributed by atoms with Crippen molar-refractivity contribution in [3.05, 3.63) is 65.9 Å². The fourth-order valence-electron chi connectivity index (χ4n) is 3.82. The topological polar surface area (TPSA) is 60.5 Å². The molecule has 2 saturated carbocycles. The van der Waals surface area contributed by atoms with Crippen LogP contribution in [-0.4, -0.2) is 33.7 Å². The number of furan rings is 1. The lowest BCUT2D eigenvalue weighted by atomic mass is 10.2. The lowest BCUT2D eigenvalue weighted by Gasteiger charge is -2.20. The predicted octanol–water partition coefficient (Wildman–Crippen LogP) is 4.40. The van der Waals surface area contributed by atoms with Gasteiger partial charge in [-0.25, -0.2) is 4.68 Å². The van der Waals surface area contributed by atoms with Gasteiger partial charge in [-0.2, -0.15) is 5.10 Å². The summed E-state index contributed by atoms with van der Waals surface area (Å²) in [6.07, 6.45) is 4.97. The number of ether oxygens (including phenoxy) is 1. The van der Waals surface area contributed by atoms with E-state index in [4.69, 9.17) is 9.15 Å². The quantitative estimate of drug-likeness (QED) is 0.599. The van der Waals surface area contributed by atoms with Crippen molar-refractivity contribution < 1.29 is 13.9 Å². The minimum atomic E-state index is -0.114. The SMILES string of the molecule is COc1cn(-c2ccccc2)nc1C(=O)N(Cc1ccc(C2CC2C)o1)C1CC1. The van der Waals surface area contributed by atoms with Crippen LogP contribution in [0.25, 0.3) is 5.69 Å². The lowest BCUT2D eigenvalue weighted by Crippen LogP contribution is -2.33. The Hall–Kier alpha value is -3.02. The number of hydrogen-bond acceptors (Lipinski definition) is 4. The highest BCUT2D eigenvalue weighted by atomic mass is 16.5. The van der Waals surface area contributed by atoms with Gasteiger partial charge in [-0.1, -0.05) is 25.1 Å². The maximum atomic E-state index is 13.4. The van der Waals surface area contributed by atoms with Crippen molar-refractivity contribution in [1.82, 2.24) is 14.7 Å². The van der Waals surface area contributed by atoms with Gasteiger partial charge in [-0.3, -0.25) is 4.79 Å². The van der Waals surface area contributed by atoms with Crippen molar-refractivity contribution in [3.63, 3.8) is 0 Å². The van der Waals surface area contributed by atoms with E-state index in [0.717, 1.165) is 30.0 Å². The van der Waals surface area contributed by atoms with Gasteiger partial charge in [-0.15, -0.1) is 0 Å². The summed E-state index contributed by atoms with van der Waals surface area (Å²) in [4.78, 5) is 15.3. The normalized spacial score (nSPS) is 20.5. The highest BCUT2D eigenvalue weighted by molar-refractivity contribution is 5.95. The standard InChI is InChI=1S/C23H25N3O3/c1-15-12-19(15)20-11-10-18(29-20)13-25(16-8-9-16)23(27)22-21(28-2)14-26(24-22)17-6-4-3-5-7-17/h3-7,10-11,14-16,19H,8-9,12-13H2,1-2H3. The summed E-state index contributed by atoms with van der Waals surface area (Å²) in [5.74, 6) is 3.48. The summed E-state index contributed by atoms with van der Waals surface area (Å²) in [5, 5.41) is 4.55. The molecule has 6 nitrogen and oxygen atoms in total. The van der Waals surface area contributed by atoms with Gasteiger partial charge in [-0.05, 0) is 49.4 Å². The number of nitrogens with zero attached hydrogens (tertiary/aromatic N) is 3. The van der Waals surface area contributed by atoms with Crippen LogP contribution >= 0.6 is 0 Å². The number of carbonyl (C=O) groups is 1. The highest BCUT2D eigenvalue weighted by Crippen LogP contribution is 2.47. The Balaban J connectivity index is 1.40. The number of carbonyl (C=O) groups excluding carboxylic acids is 1. The second kappa shape index (κ2) is 7.10. The van der Waals surface area contributed by atoms with Gasteiger partial charge < -0.3 is 14.1 Å². The van der Waals surface area contributed by atoms with Crippen LogP contribution in [0, 0.1) is 5.92 Å². The molecule has 0 saturated heterocycles. The lowest BCUT2D eigenvalue weighted by molar-refractivity contribution is 0.0707. The third-order valence-electron chi connectivity index (χ3n) is 5.86. The molecule has 2 aliphatic rings. The fraction of sp³-hybridized carbons (Fsp3) is 0.391. The number of amides is 1. The molecule has 2 fully saturated rings. The molecule has 2 aromatic heterocycles. The van der Waals surface area contributed by atoms with E-state index < -0.39 is 0 Å². The molecule has 0 N–H and O–H groups in total. The van der Waals surface area contributed by atoms with Crippen LogP contribution in [0.5, 0.6) is 5.75 Å². The van der Waals surface area contributed by atoms with Crippen molar-refractivity contribution in [2.45, 2.75) is 44.7 Å². The van der Waals surface area contributed by atoms with E-state index in [1.807, 2.05) is 41.3 Å². The molecule has 2 aliphatic carbocycles. The van der Waals surface area contributed by atoms with Gasteiger partial charge in [0.2, 0.25) is 0 Å². The monoisotopic (exact) mass is 391 g/mol. The molecule has 5 rings (SSSR count). The van der Waals surface area contributed by atoms with E-state index in [2.05, 4.69) is 18.1 Å². The van der Waals surface area contributed by atoms with E-state index in [1.165, 1.54) is 6.42 Å². The van der Waals surface area contributed by atoms with Crippen LogP contribution in [0.15, 0.2) is 53.1 Å². The molecule has 1 aromatic carbocycles. The molecule has 0 spiro atoms. The molecule has 3 aromatic rings. The molecular formula is C23H25N3O3.